The molecule has 0 fully saturated rings. The lowest BCUT2D eigenvalue weighted by molar-refractivity contribution is -0.144. The van der Waals surface area contributed by atoms with E-state index in [-0.39, 0.29) is 10.6 Å². The Morgan fingerprint density at radius 1 is 1.09 bits per heavy atom. The Hall–Kier alpha value is -3.56. The molecule has 2 N–H and O–H groups in total. The molecule has 3 aromatic carbocycles. The van der Waals surface area contributed by atoms with Crippen molar-refractivity contribution in [3.8, 4) is 5.75 Å². The summed E-state index contributed by atoms with van der Waals surface area (Å²) in [5.74, 6) is -1.72. The van der Waals surface area contributed by atoms with E-state index in [1.165, 1.54) is 0 Å². The number of hydrogen-bond donors (Lipinski definition) is 1. The van der Waals surface area contributed by atoms with Gasteiger partial charge in [0.05, 0.1) is 0 Å². The molecule has 35 heavy (non-hydrogen) atoms. The maximum absolute atomic E-state index is 14.7. The second-order valence-electron chi connectivity index (χ2n) is 7.81. The Morgan fingerprint density at radius 2 is 1.77 bits per heavy atom. The van der Waals surface area contributed by atoms with E-state index in [1.807, 2.05) is 18.2 Å². The van der Waals surface area contributed by atoms with Crippen LogP contribution in [0.4, 0.5) is 8.78 Å². The number of para-hydroxylation sites is 1. The molecule has 1 aliphatic rings. The largest absolute Gasteiger partial charge is 0.473 e. The van der Waals surface area contributed by atoms with Crippen LogP contribution < -0.4 is 10.5 Å². The van der Waals surface area contributed by atoms with Crippen molar-refractivity contribution in [3.63, 3.8) is 0 Å². The number of nitrogens with two attached hydrogens (primary N) is 1. The van der Waals surface area contributed by atoms with Gasteiger partial charge in [0, 0.05) is 5.56 Å². The highest BCUT2D eigenvalue weighted by Crippen LogP contribution is 2.50. The molecule has 0 radical (unpaired) electrons. The Labute approximate surface area is 205 Å². The third kappa shape index (κ3) is 5.11. The fourth-order valence-electron chi connectivity index (χ4n) is 3.82. The fourth-order valence-corrected chi connectivity index (χ4v) is 5.24. The molecular weight excluding hydrogens is 472 g/mol. The van der Waals surface area contributed by atoms with E-state index in [4.69, 9.17) is 10.5 Å². The number of benzene rings is 3. The van der Waals surface area contributed by atoms with E-state index in [0.29, 0.717) is 37.0 Å². The molecule has 1 amide bonds. The molecule has 0 bridgehead atoms. The zero-order valence-electron chi connectivity index (χ0n) is 18.6. The number of amides is 1. The Morgan fingerprint density at radius 3 is 2.43 bits per heavy atom. The van der Waals surface area contributed by atoms with Crippen LogP contribution in [0.15, 0.2) is 84.0 Å². The number of nitrogens with zero attached hydrogens (tertiary/aromatic N) is 2. The number of hydrazone groups is 1. The first-order chi connectivity index (χ1) is 17.0. The van der Waals surface area contributed by atoms with Crippen LogP contribution >= 0.6 is 11.8 Å². The van der Waals surface area contributed by atoms with Gasteiger partial charge < -0.3 is 10.5 Å². The predicted octanol–water partition coefficient (Wildman–Crippen LogP) is 4.44. The number of hydrogen-bond acceptors (Lipinski definition) is 6. The van der Waals surface area contributed by atoms with Gasteiger partial charge in [0.2, 0.25) is 6.10 Å². The molecule has 180 valence electrons. The molecule has 0 saturated carbocycles. The zero-order valence-corrected chi connectivity index (χ0v) is 19.5. The maximum atomic E-state index is 14.7. The van der Waals surface area contributed by atoms with Gasteiger partial charge in [0.25, 0.3) is 5.91 Å². The maximum Gasteiger partial charge on any atom is 0.292 e. The average Bonchev–Trinajstić information content (AvgIpc) is 3.28. The number of rotatable bonds is 9. The summed E-state index contributed by atoms with van der Waals surface area (Å²) < 4.78 is 34.4. The minimum Gasteiger partial charge on any atom is -0.473 e. The number of carbonyl (C=O) groups excluding carboxylic acids is 2. The Balaban J connectivity index is 1.81. The van der Waals surface area contributed by atoms with Crippen molar-refractivity contribution in [1.82, 2.24) is 5.01 Å². The summed E-state index contributed by atoms with van der Waals surface area (Å²) in [6.07, 6.45) is -0.245. The number of thioether (sulfide) groups is 1. The number of aldehydes is 1. The van der Waals surface area contributed by atoms with Crippen LogP contribution in [0, 0.1) is 11.6 Å². The van der Waals surface area contributed by atoms with Gasteiger partial charge in [-0.15, -0.1) is 0 Å². The highest BCUT2D eigenvalue weighted by atomic mass is 32.2. The summed E-state index contributed by atoms with van der Waals surface area (Å²) in [5.41, 5.74) is 6.42. The van der Waals surface area contributed by atoms with Crippen LogP contribution in [-0.4, -0.2) is 34.9 Å². The second-order valence-corrected chi connectivity index (χ2v) is 9.08. The average molecular weight is 496 g/mol. The van der Waals surface area contributed by atoms with Gasteiger partial charge in [-0.05, 0) is 55.3 Å². The molecule has 9 heteroatoms. The van der Waals surface area contributed by atoms with Gasteiger partial charge in [-0.1, -0.05) is 60.3 Å². The van der Waals surface area contributed by atoms with Gasteiger partial charge in [-0.3, -0.25) is 9.59 Å². The molecule has 1 unspecified atom stereocenters. The van der Waals surface area contributed by atoms with Gasteiger partial charge in [0.1, 0.15) is 27.3 Å². The molecule has 0 saturated heterocycles. The van der Waals surface area contributed by atoms with Crippen molar-refractivity contribution in [1.29, 1.82) is 0 Å². The van der Waals surface area contributed by atoms with Crippen molar-refractivity contribution in [2.45, 2.75) is 23.8 Å². The van der Waals surface area contributed by atoms with Gasteiger partial charge in [0.15, 0.2) is 6.29 Å². The summed E-state index contributed by atoms with van der Waals surface area (Å²) in [6, 6.07) is 20.6. The first-order valence-electron chi connectivity index (χ1n) is 11.0. The lowest BCUT2D eigenvalue weighted by Crippen LogP contribution is -2.48. The van der Waals surface area contributed by atoms with Gasteiger partial charge in [-0.2, -0.15) is 5.10 Å². The third-order valence-electron chi connectivity index (χ3n) is 5.48. The molecule has 1 heterocycles. The van der Waals surface area contributed by atoms with E-state index in [9.17, 15) is 18.4 Å². The monoisotopic (exact) mass is 495 g/mol. The minimum atomic E-state index is -1.50. The van der Waals surface area contributed by atoms with Crippen molar-refractivity contribution >= 4 is 29.0 Å². The quantitative estimate of drug-likeness (QED) is 0.351. The van der Waals surface area contributed by atoms with Crippen molar-refractivity contribution in [3.05, 3.63) is 102 Å². The molecule has 2 atom stereocenters. The molecular formula is C26H23F2N3O3S. The molecule has 3 aromatic rings. The summed E-state index contributed by atoms with van der Waals surface area (Å²) >= 11 is 1.12. The van der Waals surface area contributed by atoms with Crippen molar-refractivity contribution in [2.24, 2.45) is 10.8 Å². The van der Waals surface area contributed by atoms with Gasteiger partial charge >= 0.3 is 0 Å². The summed E-state index contributed by atoms with van der Waals surface area (Å²) in [5, 5.41) is 5.70. The molecule has 0 spiro atoms. The molecule has 4 rings (SSSR count). The zero-order chi connectivity index (χ0) is 24.8. The number of ether oxygens (including phenoxy) is 1. The van der Waals surface area contributed by atoms with E-state index in [0.717, 1.165) is 35.0 Å². The summed E-state index contributed by atoms with van der Waals surface area (Å²) in [7, 11) is 0. The van der Waals surface area contributed by atoms with Crippen molar-refractivity contribution in [2.75, 3.05) is 6.54 Å². The van der Waals surface area contributed by atoms with Crippen LogP contribution in [0.5, 0.6) is 5.75 Å². The standard InChI is InChI=1S/C26H23F2N3O3S/c27-19-12-13-22(28)21(16-19)24-30-31(25(33)23(17-32)34-20-10-5-2-6-11-20)26(35-24,14-7-15-29)18-8-3-1-4-9-18/h1-6,8-13,16-17,23H,7,14-15,29H2/t23-,26?/m0/s1. The van der Waals surface area contributed by atoms with Crippen LogP contribution in [0.25, 0.3) is 0 Å². The van der Waals surface area contributed by atoms with E-state index in [2.05, 4.69) is 5.10 Å². The number of halogens is 2. The van der Waals surface area contributed by atoms with Crippen LogP contribution in [0.1, 0.15) is 24.0 Å². The Kier molecular flexibility index (Phi) is 7.57. The fraction of sp³-hybridized carbons (Fsp3) is 0.192. The molecule has 0 aromatic heterocycles. The molecule has 0 aliphatic carbocycles. The second kappa shape index (κ2) is 10.8. The lowest BCUT2D eigenvalue weighted by Gasteiger charge is -2.36. The summed E-state index contributed by atoms with van der Waals surface area (Å²) in [4.78, 5) is 24.5. The smallest absolute Gasteiger partial charge is 0.292 e. The minimum absolute atomic E-state index is 0.0787. The third-order valence-corrected chi connectivity index (χ3v) is 6.93. The highest BCUT2D eigenvalue weighted by Gasteiger charge is 2.50. The Bertz CT molecular complexity index is 1230. The predicted molar refractivity (Wildman–Crippen MR) is 131 cm³/mol. The van der Waals surface area contributed by atoms with Crippen LogP contribution in [-0.2, 0) is 14.5 Å². The van der Waals surface area contributed by atoms with Crippen LogP contribution in [0.3, 0.4) is 0 Å². The first kappa shape index (κ1) is 24.6. The first-order valence-corrected chi connectivity index (χ1v) is 11.8. The van der Waals surface area contributed by atoms with Crippen LogP contribution in [0.2, 0.25) is 0 Å². The van der Waals surface area contributed by atoms with Gasteiger partial charge in [-0.25, -0.2) is 13.8 Å². The topological polar surface area (TPSA) is 85.0 Å². The normalized spacial score (nSPS) is 18.1. The van der Waals surface area contributed by atoms with E-state index < -0.39 is 28.5 Å². The van der Waals surface area contributed by atoms with E-state index >= 15 is 0 Å². The highest BCUT2D eigenvalue weighted by molar-refractivity contribution is 8.15. The summed E-state index contributed by atoms with van der Waals surface area (Å²) in [6.45, 7) is 0.332. The van der Waals surface area contributed by atoms with E-state index in [1.54, 1.807) is 42.5 Å². The van der Waals surface area contributed by atoms with Crippen molar-refractivity contribution < 1.29 is 23.1 Å². The number of carbonyl (C=O) groups is 2. The molecule has 1 aliphatic heterocycles. The lowest BCUT2D eigenvalue weighted by atomic mass is 10.00. The molecule has 6 nitrogen and oxygen atoms in total. The SMILES string of the molecule is NCCCC1(c2ccccc2)SC(c2cc(F)ccc2F)=NN1C(=O)[C@H](C=O)Oc1ccccc1.